The fourth-order valence-corrected chi connectivity index (χ4v) is 2.26. The third kappa shape index (κ3) is 4.63. The second-order valence-electron chi connectivity index (χ2n) is 4.73. The van der Waals surface area contributed by atoms with Crippen LogP contribution in [0.15, 0.2) is 11.6 Å². The van der Waals surface area contributed by atoms with Gasteiger partial charge >= 0.3 is 0 Å². The molecule has 0 radical (unpaired) electrons. The van der Waals surface area contributed by atoms with E-state index in [4.69, 9.17) is 0 Å². The van der Waals surface area contributed by atoms with E-state index in [1.807, 2.05) is 0 Å². The van der Waals surface area contributed by atoms with Crippen molar-refractivity contribution in [2.45, 2.75) is 65.2 Å². The van der Waals surface area contributed by atoms with E-state index >= 15 is 0 Å². The first-order valence-corrected chi connectivity index (χ1v) is 6.45. The number of allylic oxidation sites excluding steroid dienone is 2. The molecule has 0 saturated heterocycles. The van der Waals surface area contributed by atoms with Crippen molar-refractivity contribution in [1.82, 2.24) is 0 Å². The van der Waals surface area contributed by atoms with E-state index in [0.717, 1.165) is 18.8 Å². The molecule has 1 aliphatic carbocycles. The van der Waals surface area contributed by atoms with Crippen molar-refractivity contribution in [1.29, 1.82) is 0 Å². The molecule has 1 rings (SSSR count). The molecule has 0 bridgehead atoms. The van der Waals surface area contributed by atoms with Crippen molar-refractivity contribution in [3.05, 3.63) is 11.6 Å². The monoisotopic (exact) mass is 208 g/mol. The van der Waals surface area contributed by atoms with Crippen molar-refractivity contribution in [3.8, 4) is 0 Å². The van der Waals surface area contributed by atoms with E-state index in [1.54, 1.807) is 0 Å². The van der Waals surface area contributed by atoms with Gasteiger partial charge in [-0.3, -0.25) is 4.79 Å². The number of unbranched alkanes of at least 4 members (excludes halogenated alkanes) is 1. The Morgan fingerprint density at radius 1 is 1.33 bits per heavy atom. The van der Waals surface area contributed by atoms with Crippen LogP contribution in [0.1, 0.15) is 65.2 Å². The van der Waals surface area contributed by atoms with E-state index < -0.39 is 0 Å². The maximum atomic E-state index is 11.1. The molecule has 1 unspecified atom stereocenters. The molecule has 0 N–H and O–H groups in total. The molecule has 0 aromatic rings. The van der Waals surface area contributed by atoms with Crippen LogP contribution in [0.2, 0.25) is 0 Å². The Bertz CT molecular complexity index is 227. The summed E-state index contributed by atoms with van der Waals surface area (Å²) in [5.74, 6) is 1.27. The molecule has 0 amide bonds. The smallest absolute Gasteiger partial charge is 0.136 e. The SMILES string of the molecule is CCCCC(CC)CC1=CCC(=O)CC1. The van der Waals surface area contributed by atoms with Gasteiger partial charge in [0, 0.05) is 12.8 Å². The average molecular weight is 208 g/mol. The Morgan fingerprint density at radius 3 is 2.67 bits per heavy atom. The summed E-state index contributed by atoms with van der Waals surface area (Å²) >= 11 is 0. The first-order chi connectivity index (χ1) is 7.26. The molecule has 0 heterocycles. The quantitative estimate of drug-likeness (QED) is 0.596. The summed E-state index contributed by atoms with van der Waals surface area (Å²) in [6.07, 6.45) is 11.2. The highest BCUT2D eigenvalue weighted by molar-refractivity contribution is 5.81. The van der Waals surface area contributed by atoms with Gasteiger partial charge in [-0.15, -0.1) is 0 Å². The minimum absolute atomic E-state index is 0.417. The molecule has 0 aliphatic heterocycles. The van der Waals surface area contributed by atoms with Crippen LogP contribution in [-0.4, -0.2) is 5.78 Å². The number of carbonyl (C=O) groups excluding carboxylic acids is 1. The largest absolute Gasteiger partial charge is 0.299 e. The second kappa shape index (κ2) is 6.81. The van der Waals surface area contributed by atoms with Gasteiger partial charge < -0.3 is 0 Å². The highest BCUT2D eigenvalue weighted by Crippen LogP contribution is 2.26. The van der Waals surface area contributed by atoms with E-state index in [2.05, 4.69) is 19.9 Å². The molecule has 0 aromatic heterocycles. The lowest BCUT2D eigenvalue weighted by molar-refractivity contribution is -0.118. The van der Waals surface area contributed by atoms with Gasteiger partial charge in [-0.05, 0) is 18.8 Å². The highest BCUT2D eigenvalue weighted by atomic mass is 16.1. The van der Waals surface area contributed by atoms with Crippen LogP contribution in [0.3, 0.4) is 0 Å². The Morgan fingerprint density at radius 2 is 2.13 bits per heavy atom. The number of hydrogen-bond acceptors (Lipinski definition) is 1. The summed E-state index contributed by atoms with van der Waals surface area (Å²) in [6, 6.07) is 0. The number of carbonyl (C=O) groups is 1. The maximum absolute atomic E-state index is 11.1. The van der Waals surface area contributed by atoms with Gasteiger partial charge in [-0.1, -0.05) is 51.2 Å². The molecular weight excluding hydrogens is 184 g/mol. The normalized spacial score (nSPS) is 18.8. The van der Waals surface area contributed by atoms with Gasteiger partial charge in [0.05, 0.1) is 0 Å². The van der Waals surface area contributed by atoms with Crippen LogP contribution in [0.5, 0.6) is 0 Å². The van der Waals surface area contributed by atoms with Crippen molar-refractivity contribution in [2.24, 2.45) is 5.92 Å². The van der Waals surface area contributed by atoms with Crippen molar-refractivity contribution >= 4 is 5.78 Å². The molecule has 1 nitrogen and oxygen atoms in total. The first-order valence-electron chi connectivity index (χ1n) is 6.45. The van der Waals surface area contributed by atoms with Gasteiger partial charge in [0.1, 0.15) is 5.78 Å². The third-order valence-corrected chi connectivity index (χ3v) is 3.44. The minimum atomic E-state index is 0.417. The van der Waals surface area contributed by atoms with Gasteiger partial charge in [0.15, 0.2) is 0 Å². The Hall–Kier alpha value is -0.590. The van der Waals surface area contributed by atoms with Crippen molar-refractivity contribution in [3.63, 3.8) is 0 Å². The summed E-state index contributed by atoms with van der Waals surface area (Å²) < 4.78 is 0. The predicted octanol–water partition coefficient (Wildman–Crippen LogP) is 4.27. The molecular formula is C14H24O. The van der Waals surface area contributed by atoms with Crippen LogP contribution in [0.4, 0.5) is 0 Å². The van der Waals surface area contributed by atoms with Gasteiger partial charge in [-0.25, -0.2) is 0 Å². The topological polar surface area (TPSA) is 17.1 Å². The zero-order chi connectivity index (χ0) is 11.1. The summed E-state index contributed by atoms with van der Waals surface area (Å²) in [7, 11) is 0. The lowest BCUT2D eigenvalue weighted by Gasteiger charge is -2.18. The zero-order valence-electron chi connectivity index (χ0n) is 10.2. The fraction of sp³-hybridized carbons (Fsp3) is 0.786. The van der Waals surface area contributed by atoms with E-state index in [0.29, 0.717) is 12.2 Å². The lowest BCUT2D eigenvalue weighted by atomic mass is 9.87. The molecule has 86 valence electrons. The summed E-state index contributed by atoms with van der Waals surface area (Å²) in [5, 5.41) is 0. The van der Waals surface area contributed by atoms with Crippen LogP contribution in [0, 0.1) is 5.92 Å². The summed E-state index contributed by atoms with van der Waals surface area (Å²) in [5.41, 5.74) is 1.54. The highest BCUT2D eigenvalue weighted by Gasteiger charge is 2.14. The Kier molecular flexibility index (Phi) is 5.67. The number of Topliss-reactive ketones (excluding diaryl/α,β-unsaturated/α-hetero) is 1. The minimum Gasteiger partial charge on any atom is -0.299 e. The maximum Gasteiger partial charge on any atom is 0.136 e. The Labute approximate surface area is 93.9 Å². The number of hydrogen-bond donors (Lipinski definition) is 0. The van der Waals surface area contributed by atoms with E-state index in [1.165, 1.54) is 37.7 Å². The number of rotatable bonds is 6. The first kappa shape index (κ1) is 12.5. The molecule has 1 aliphatic rings. The second-order valence-corrected chi connectivity index (χ2v) is 4.73. The van der Waals surface area contributed by atoms with Crippen molar-refractivity contribution in [2.75, 3.05) is 0 Å². The van der Waals surface area contributed by atoms with E-state index in [-0.39, 0.29) is 0 Å². The third-order valence-electron chi connectivity index (χ3n) is 3.44. The predicted molar refractivity (Wildman–Crippen MR) is 64.9 cm³/mol. The Balaban J connectivity index is 2.34. The fourth-order valence-electron chi connectivity index (χ4n) is 2.26. The molecule has 0 saturated carbocycles. The summed E-state index contributed by atoms with van der Waals surface area (Å²) in [4.78, 5) is 11.1. The van der Waals surface area contributed by atoms with Crippen LogP contribution >= 0.6 is 0 Å². The summed E-state index contributed by atoms with van der Waals surface area (Å²) in [6.45, 7) is 4.54. The lowest BCUT2D eigenvalue weighted by Crippen LogP contribution is -2.07. The molecule has 1 atom stereocenters. The molecule has 0 fully saturated rings. The molecule has 0 spiro atoms. The van der Waals surface area contributed by atoms with Crippen LogP contribution in [0.25, 0.3) is 0 Å². The molecule has 15 heavy (non-hydrogen) atoms. The van der Waals surface area contributed by atoms with Gasteiger partial charge in [-0.2, -0.15) is 0 Å². The van der Waals surface area contributed by atoms with E-state index in [9.17, 15) is 4.79 Å². The van der Waals surface area contributed by atoms with Crippen LogP contribution < -0.4 is 0 Å². The van der Waals surface area contributed by atoms with Crippen LogP contribution in [-0.2, 0) is 4.79 Å². The number of ketones is 1. The van der Waals surface area contributed by atoms with Crippen molar-refractivity contribution < 1.29 is 4.79 Å². The van der Waals surface area contributed by atoms with Gasteiger partial charge in [0.2, 0.25) is 0 Å². The zero-order valence-corrected chi connectivity index (χ0v) is 10.2. The standard InChI is InChI=1S/C14H24O/c1-3-5-6-12(4-2)11-13-7-9-14(15)10-8-13/h7,12H,3-6,8-11H2,1-2H3. The van der Waals surface area contributed by atoms with Gasteiger partial charge in [0.25, 0.3) is 0 Å². The molecule has 0 aromatic carbocycles. The molecule has 1 heteroatoms. The average Bonchev–Trinajstić information content (AvgIpc) is 2.27.